The Hall–Kier alpha value is -1.12. The molecule has 1 aliphatic rings. The molecule has 116 valence electrons. The first kappa shape index (κ1) is 16.3. The van der Waals surface area contributed by atoms with Crippen molar-refractivity contribution in [3.8, 4) is 0 Å². The van der Waals surface area contributed by atoms with E-state index < -0.39 is 14.9 Å². The van der Waals surface area contributed by atoms with Crippen molar-refractivity contribution in [1.82, 2.24) is 4.31 Å². The quantitative estimate of drug-likeness (QED) is 0.625. The molecule has 0 unspecified atom stereocenters. The van der Waals surface area contributed by atoms with Crippen LogP contribution in [0.15, 0.2) is 24.3 Å². The van der Waals surface area contributed by atoms with E-state index in [0.29, 0.717) is 23.9 Å². The summed E-state index contributed by atoms with van der Waals surface area (Å²) in [5.41, 5.74) is 0.543. The van der Waals surface area contributed by atoms with Gasteiger partial charge in [0.25, 0.3) is 5.69 Å². The number of hydrogen-bond acceptors (Lipinski definition) is 5. The Morgan fingerprint density at radius 2 is 2.00 bits per heavy atom. The summed E-state index contributed by atoms with van der Waals surface area (Å²) < 4.78 is 26.4. The minimum Gasteiger partial charge on any atom is -0.258 e. The van der Waals surface area contributed by atoms with Crippen LogP contribution in [0.1, 0.15) is 18.9 Å². The third kappa shape index (κ3) is 4.42. The number of nitro groups is 1. The average molecular weight is 330 g/mol. The predicted octanol–water partition coefficient (Wildman–Crippen LogP) is 2.25. The molecule has 1 aromatic rings. The predicted molar refractivity (Wildman–Crippen MR) is 83.8 cm³/mol. The van der Waals surface area contributed by atoms with Crippen molar-refractivity contribution in [2.45, 2.75) is 24.3 Å². The molecule has 0 spiro atoms. The number of nitro benzene ring substituents is 1. The topological polar surface area (TPSA) is 80.5 Å². The van der Waals surface area contributed by atoms with Crippen LogP contribution in [0.3, 0.4) is 0 Å². The van der Waals surface area contributed by atoms with Gasteiger partial charge in [-0.25, -0.2) is 12.7 Å². The number of rotatable bonds is 4. The Kier molecular flexibility index (Phi) is 5.23. The van der Waals surface area contributed by atoms with E-state index in [-0.39, 0.29) is 11.4 Å². The smallest absolute Gasteiger partial charge is 0.258 e. The minimum absolute atomic E-state index is 0.0313. The summed E-state index contributed by atoms with van der Waals surface area (Å²) in [6.07, 6.45) is 0.851. The third-order valence-electron chi connectivity index (χ3n) is 3.42. The number of nitrogens with zero attached hydrogens (tertiary/aromatic N) is 2. The lowest BCUT2D eigenvalue weighted by Gasteiger charge is -2.19. The highest BCUT2D eigenvalue weighted by atomic mass is 32.2. The molecule has 1 saturated heterocycles. The van der Waals surface area contributed by atoms with E-state index in [9.17, 15) is 18.5 Å². The van der Waals surface area contributed by atoms with Crippen LogP contribution >= 0.6 is 11.8 Å². The standard InChI is InChI=1S/C13H18N2O4S2/c1-11-6-7-14(8-9-20-11)21(18,19)10-12-2-4-13(5-3-12)15(16)17/h2-5,11H,6-10H2,1H3/t11-/m1/s1. The van der Waals surface area contributed by atoms with Gasteiger partial charge < -0.3 is 0 Å². The normalized spacial score (nSPS) is 20.9. The Morgan fingerprint density at radius 3 is 2.62 bits per heavy atom. The molecule has 0 bridgehead atoms. The van der Waals surface area contributed by atoms with Crippen molar-refractivity contribution >= 4 is 27.5 Å². The van der Waals surface area contributed by atoms with Crippen LogP contribution in [0.5, 0.6) is 0 Å². The molecule has 0 N–H and O–H groups in total. The fourth-order valence-electron chi connectivity index (χ4n) is 2.17. The molecule has 1 heterocycles. The van der Waals surface area contributed by atoms with Crippen LogP contribution in [0, 0.1) is 10.1 Å². The first-order chi connectivity index (χ1) is 9.88. The Balaban J connectivity index is 2.07. The van der Waals surface area contributed by atoms with Crippen LogP contribution in [-0.2, 0) is 15.8 Å². The van der Waals surface area contributed by atoms with Gasteiger partial charge in [-0.3, -0.25) is 10.1 Å². The van der Waals surface area contributed by atoms with Crippen LogP contribution < -0.4 is 0 Å². The van der Waals surface area contributed by atoms with E-state index in [4.69, 9.17) is 0 Å². The van der Waals surface area contributed by atoms with Crippen LogP contribution in [0.2, 0.25) is 0 Å². The Morgan fingerprint density at radius 1 is 1.33 bits per heavy atom. The maximum absolute atomic E-state index is 12.4. The van der Waals surface area contributed by atoms with E-state index in [0.717, 1.165) is 12.2 Å². The summed E-state index contributed by atoms with van der Waals surface area (Å²) in [6.45, 7) is 3.19. The van der Waals surface area contributed by atoms with Crippen molar-refractivity contribution in [3.05, 3.63) is 39.9 Å². The zero-order valence-corrected chi connectivity index (χ0v) is 13.4. The van der Waals surface area contributed by atoms with Gasteiger partial charge in [-0.05, 0) is 12.0 Å². The van der Waals surface area contributed by atoms with E-state index in [1.54, 1.807) is 11.8 Å². The zero-order chi connectivity index (χ0) is 15.5. The summed E-state index contributed by atoms with van der Waals surface area (Å²) in [5, 5.41) is 11.1. The van der Waals surface area contributed by atoms with Crippen LogP contribution in [-0.4, -0.2) is 41.7 Å². The second-order valence-corrected chi connectivity index (χ2v) is 8.56. The molecule has 0 aromatic heterocycles. The highest BCUT2D eigenvalue weighted by Crippen LogP contribution is 2.22. The maximum Gasteiger partial charge on any atom is 0.269 e. The Labute approximate surface area is 128 Å². The van der Waals surface area contributed by atoms with Gasteiger partial charge in [0, 0.05) is 36.2 Å². The highest BCUT2D eigenvalue weighted by molar-refractivity contribution is 7.99. The van der Waals surface area contributed by atoms with E-state index in [1.165, 1.54) is 28.6 Å². The van der Waals surface area contributed by atoms with E-state index in [1.807, 2.05) is 0 Å². The third-order valence-corrected chi connectivity index (χ3v) is 6.49. The summed E-state index contributed by atoms with van der Waals surface area (Å²) in [5.74, 6) is 0.699. The van der Waals surface area contributed by atoms with Gasteiger partial charge in [-0.15, -0.1) is 0 Å². The van der Waals surface area contributed by atoms with Gasteiger partial charge >= 0.3 is 0 Å². The molecule has 21 heavy (non-hydrogen) atoms. The first-order valence-corrected chi connectivity index (χ1v) is 9.37. The molecular formula is C13H18N2O4S2. The molecule has 0 radical (unpaired) electrons. The molecule has 1 aromatic carbocycles. The summed E-state index contributed by atoms with van der Waals surface area (Å²) in [7, 11) is -3.37. The summed E-state index contributed by atoms with van der Waals surface area (Å²) in [6, 6.07) is 5.69. The molecule has 0 aliphatic carbocycles. The minimum atomic E-state index is -3.37. The molecule has 0 saturated carbocycles. The van der Waals surface area contributed by atoms with Crippen LogP contribution in [0.4, 0.5) is 5.69 Å². The Bertz CT molecular complexity index is 601. The number of sulfonamides is 1. The van der Waals surface area contributed by atoms with Gasteiger partial charge in [0.2, 0.25) is 10.0 Å². The lowest BCUT2D eigenvalue weighted by Crippen LogP contribution is -2.34. The molecule has 8 heteroatoms. The summed E-state index contributed by atoms with van der Waals surface area (Å²) in [4.78, 5) is 10.1. The highest BCUT2D eigenvalue weighted by Gasteiger charge is 2.25. The molecule has 1 fully saturated rings. The lowest BCUT2D eigenvalue weighted by molar-refractivity contribution is -0.384. The molecular weight excluding hydrogens is 312 g/mol. The lowest BCUT2D eigenvalue weighted by atomic mass is 10.2. The zero-order valence-electron chi connectivity index (χ0n) is 11.8. The molecule has 6 nitrogen and oxygen atoms in total. The van der Waals surface area contributed by atoms with Gasteiger partial charge in [0.1, 0.15) is 0 Å². The largest absolute Gasteiger partial charge is 0.269 e. The van der Waals surface area contributed by atoms with Crippen molar-refractivity contribution < 1.29 is 13.3 Å². The van der Waals surface area contributed by atoms with Crippen molar-refractivity contribution in [3.63, 3.8) is 0 Å². The average Bonchev–Trinajstić information content (AvgIpc) is 2.64. The molecule has 2 rings (SSSR count). The van der Waals surface area contributed by atoms with E-state index >= 15 is 0 Å². The van der Waals surface area contributed by atoms with Gasteiger partial charge in [0.05, 0.1) is 10.7 Å². The number of benzene rings is 1. The SMILES string of the molecule is C[C@@H]1CCN(S(=O)(=O)Cc2ccc([N+](=O)[O-])cc2)CCS1. The number of thioether (sulfide) groups is 1. The molecule has 1 atom stereocenters. The van der Waals surface area contributed by atoms with Gasteiger partial charge in [-0.2, -0.15) is 11.8 Å². The van der Waals surface area contributed by atoms with Gasteiger partial charge in [-0.1, -0.05) is 19.1 Å². The second kappa shape index (κ2) is 6.76. The monoisotopic (exact) mass is 330 g/mol. The number of hydrogen-bond donors (Lipinski definition) is 0. The van der Waals surface area contributed by atoms with Crippen molar-refractivity contribution in [2.24, 2.45) is 0 Å². The fourth-order valence-corrected chi connectivity index (χ4v) is 4.84. The van der Waals surface area contributed by atoms with E-state index in [2.05, 4.69) is 6.92 Å². The maximum atomic E-state index is 12.4. The van der Waals surface area contributed by atoms with Gasteiger partial charge in [0.15, 0.2) is 0 Å². The number of non-ortho nitro benzene ring substituents is 1. The molecule has 0 amide bonds. The molecule has 1 aliphatic heterocycles. The summed E-state index contributed by atoms with van der Waals surface area (Å²) >= 11 is 1.79. The van der Waals surface area contributed by atoms with Crippen molar-refractivity contribution in [1.29, 1.82) is 0 Å². The first-order valence-electron chi connectivity index (χ1n) is 6.71. The second-order valence-electron chi connectivity index (χ2n) is 5.05. The fraction of sp³-hybridized carbons (Fsp3) is 0.538. The van der Waals surface area contributed by atoms with Crippen LogP contribution in [0.25, 0.3) is 0 Å². The van der Waals surface area contributed by atoms with Crippen molar-refractivity contribution in [2.75, 3.05) is 18.8 Å².